The molecule has 4 aromatic rings. The van der Waals surface area contributed by atoms with Crippen LogP contribution in [0, 0.1) is 10.4 Å². The summed E-state index contributed by atoms with van der Waals surface area (Å²) in [5.41, 5.74) is 4.90. The van der Waals surface area contributed by atoms with E-state index >= 15 is 0 Å². The summed E-state index contributed by atoms with van der Waals surface area (Å²) in [6.45, 7) is 25.8. The Bertz CT molecular complexity index is 2430. The van der Waals surface area contributed by atoms with Crippen molar-refractivity contribution in [1.82, 2.24) is 0 Å². The number of hydrogen-bond donors (Lipinski definition) is 0. The molecule has 0 heterocycles. The number of alkyl halides is 6. The van der Waals surface area contributed by atoms with Crippen LogP contribution in [-0.4, -0.2) is 0 Å². The molecule has 6 rings (SSSR count). The lowest BCUT2D eigenvalue weighted by Gasteiger charge is -2.35. The van der Waals surface area contributed by atoms with Gasteiger partial charge in [-0.15, -0.1) is 0 Å². The summed E-state index contributed by atoms with van der Waals surface area (Å²) in [6.07, 6.45) is -0.102. The third-order valence-electron chi connectivity index (χ3n) is 10.7. The van der Waals surface area contributed by atoms with E-state index in [1.165, 1.54) is 17.7 Å². The van der Waals surface area contributed by atoms with Gasteiger partial charge in [0.2, 0.25) is 0 Å². The van der Waals surface area contributed by atoms with Gasteiger partial charge in [0, 0.05) is 0 Å². The van der Waals surface area contributed by atoms with Gasteiger partial charge in [-0.1, -0.05) is 132 Å². The van der Waals surface area contributed by atoms with Gasteiger partial charge in [0.25, 0.3) is 0 Å². The van der Waals surface area contributed by atoms with Crippen molar-refractivity contribution in [3.05, 3.63) is 155 Å². The van der Waals surface area contributed by atoms with Gasteiger partial charge in [-0.2, -0.15) is 26.3 Å². The van der Waals surface area contributed by atoms with E-state index < -0.39 is 34.3 Å². The normalized spacial score (nSPS) is 14.8. The molecular formula is C49H52F6. The molecular weight excluding hydrogens is 703 g/mol. The first-order valence-corrected chi connectivity index (χ1v) is 19.0. The molecule has 0 fully saturated rings. The first-order valence-electron chi connectivity index (χ1n) is 19.0. The molecule has 6 heteroatoms. The van der Waals surface area contributed by atoms with Gasteiger partial charge >= 0.3 is 12.4 Å². The molecule has 0 atom stereocenters. The third-order valence-corrected chi connectivity index (χ3v) is 10.7. The van der Waals surface area contributed by atoms with Crippen molar-refractivity contribution in [2.75, 3.05) is 0 Å². The summed E-state index contributed by atoms with van der Waals surface area (Å²) in [5.74, 6) is 0. The van der Waals surface area contributed by atoms with Crippen molar-refractivity contribution >= 4 is 17.2 Å². The highest BCUT2D eigenvalue weighted by atomic mass is 19.4. The molecule has 0 bridgehead atoms. The second kappa shape index (κ2) is 13.1. The Balaban J connectivity index is 2.10. The van der Waals surface area contributed by atoms with Gasteiger partial charge in [-0.05, 0) is 141 Å². The zero-order chi connectivity index (χ0) is 40.8. The topological polar surface area (TPSA) is 0 Å². The van der Waals surface area contributed by atoms with Crippen molar-refractivity contribution in [2.45, 2.75) is 124 Å². The SMILES string of the molecule is CC(C)(C)c1cc2c(cc1C(C)(C)C)=c1c(c(C3=CC=CC3)c(C(C)(C)C)c(C(C)(C)C)c1=C(c1cccc(C(F)(F)F)c1)c1cccc(C(F)(F)F)c1)C=2. The van der Waals surface area contributed by atoms with Crippen LogP contribution < -0.4 is 10.4 Å². The van der Waals surface area contributed by atoms with Crippen LogP contribution in [0.3, 0.4) is 0 Å². The van der Waals surface area contributed by atoms with Gasteiger partial charge in [-0.3, -0.25) is 0 Å². The second-order valence-corrected chi connectivity index (χ2v) is 19.3. The minimum Gasteiger partial charge on any atom is -0.166 e. The van der Waals surface area contributed by atoms with Crippen LogP contribution in [0.5, 0.6) is 0 Å². The quantitative estimate of drug-likeness (QED) is 0.161. The highest BCUT2D eigenvalue weighted by Gasteiger charge is 2.37. The summed E-state index contributed by atoms with van der Waals surface area (Å²) >= 11 is 0. The van der Waals surface area contributed by atoms with Gasteiger partial charge in [0.1, 0.15) is 0 Å². The zero-order valence-electron chi connectivity index (χ0n) is 34.1. The molecule has 0 unspecified atom stereocenters. The van der Waals surface area contributed by atoms with Crippen molar-refractivity contribution in [3.8, 4) is 0 Å². The monoisotopic (exact) mass is 754 g/mol. The summed E-state index contributed by atoms with van der Waals surface area (Å²) in [5, 5.41) is 3.42. The maximum Gasteiger partial charge on any atom is 0.416 e. The maximum absolute atomic E-state index is 14.5. The molecule has 0 N–H and O–H groups in total. The van der Waals surface area contributed by atoms with Crippen LogP contribution in [0.4, 0.5) is 26.3 Å². The highest BCUT2D eigenvalue weighted by molar-refractivity contribution is 5.87. The maximum atomic E-state index is 14.5. The average Bonchev–Trinajstić information content (AvgIpc) is 3.70. The summed E-state index contributed by atoms with van der Waals surface area (Å²) < 4.78 is 87.0. The molecule has 0 amide bonds. The predicted octanol–water partition coefficient (Wildman–Crippen LogP) is 12.9. The van der Waals surface area contributed by atoms with E-state index in [0.717, 1.165) is 73.3 Å². The van der Waals surface area contributed by atoms with E-state index in [4.69, 9.17) is 0 Å². The predicted molar refractivity (Wildman–Crippen MR) is 214 cm³/mol. The summed E-state index contributed by atoms with van der Waals surface area (Å²) in [4.78, 5) is 0. The summed E-state index contributed by atoms with van der Waals surface area (Å²) in [6, 6.07) is 14.6. The Morgan fingerprint density at radius 1 is 0.564 bits per heavy atom. The van der Waals surface area contributed by atoms with Crippen LogP contribution in [0.15, 0.2) is 78.9 Å². The fourth-order valence-corrected chi connectivity index (χ4v) is 8.42. The molecule has 2 aliphatic carbocycles. The lowest BCUT2D eigenvalue weighted by Crippen LogP contribution is -2.34. The third kappa shape index (κ3) is 7.50. The number of rotatable bonds is 3. The lowest BCUT2D eigenvalue weighted by molar-refractivity contribution is -0.138. The van der Waals surface area contributed by atoms with E-state index in [-0.39, 0.29) is 22.0 Å². The molecule has 0 saturated heterocycles. The van der Waals surface area contributed by atoms with E-state index in [1.54, 1.807) is 12.1 Å². The highest BCUT2D eigenvalue weighted by Crippen LogP contribution is 2.44. The van der Waals surface area contributed by atoms with Crippen molar-refractivity contribution < 1.29 is 26.3 Å². The Hall–Kier alpha value is -4.32. The van der Waals surface area contributed by atoms with Gasteiger partial charge in [0.15, 0.2) is 0 Å². The van der Waals surface area contributed by atoms with Crippen molar-refractivity contribution in [2.24, 2.45) is 0 Å². The Kier molecular flexibility index (Phi) is 9.63. The Labute approximate surface area is 321 Å². The minimum absolute atomic E-state index is 0.201. The van der Waals surface area contributed by atoms with Crippen molar-refractivity contribution in [1.29, 1.82) is 0 Å². The second-order valence-electron chi connectivity index (χ2n) is 19.3. The van der Waals surface area contributed by atoms with Crippen molar-refractivity contribution in [3.63, 3.8) is 0 Å². The summed E-state index contributed by atoms with van der Waals surface area (Å²) in [7, 11) is 0. The molecule has 2 aliphatic rings. The molecule has 0 radical (unpaired) electrons. The molecule has 0 aliphatic heterocycles. The number of hydrogen-bond acceptors (Lipinski definition) is 0. The number of fused-ring (bicyclic) bond motifs is 2. The first kappa shape index (κ1) is 40.3. The number of halogens is 6. The minimum atomic E-state index is -4.67. The molecule has 290 valence electrons. The van der Waals surface area contributed by atoms with Crippen LogP contribution >= 0.6 is 0 Å². The molecule has 0 spiro atoms. The van der Waals surface area contributed by atoms with Gasteiger partial charge in [-0.25, -0.2) is 0 Å². The van der Waals surface area contributed by atoms with E-state index in [0.29, 0.717) is 17.2 Å². The molecule has 55 heavy (non-hydrogen) atoms. The Morgan fingerprint density at radius 3 is 1.47 bits per heavy atom. The van der Waals surface area contributed by atoms with Crippen LogP contribution in [-0.2, 0) is 34.0 Å². The molecule has 0 aromatic heterocycles. The number of benzene rings is 4. The van der Waals surface area contributed by atoms with Crippen LogP contribution in [0.25, 0.3) is 17.2 Å². The Morgan fingerprint density at radius 2 is 1.05 bits per heavy atom. The molecule has 0 saturated carbocycles. The van der Waals surface area contributed by atoms with E-state index in [9.17, 15) is 26.3 Å². The molecule has 4 aromatic carbocycles. The first-order chi connectivity index (χ1) is 25.1. The van der Waals surface area contributed by atoms with E-state index in [1.807, 2.05) is 0 Å². The van der Waals surface area contributed by atoms with Crippen LogP contribution in [0.2, 0.25) is 0 Å². The fourth-order valence-electron chi connectivity index (χ4n) is 8.42. The van der Waals surface area contributed by atoms with Gasteiger partial charge < -0.3 is 0 Å². The largest absolute Gasteiger partial charge is 0.416 e. The average molecular weight is 755 g/mol. The fraction of sp³-hybridized carbons (Fsp3) is 0.388. The van der Waals surface area contributed by atoms with Crippen LogP contribution in [0.1, 0.15) is 145 Å². The van der Waals surface area contributed by atoms with Gasteiger partial charge in [0.05, 0.1) is 11.1 Å². The number of allylic oxidation sites excluding steroid dienone is 4. The smallest absolute Gasteiger partial charge is 0.166 e. The standard InChI is InChI=1S/C49H52F6/c1-44(2,3)36-26-31-25-35-39(28-17-13-14-18-28)42(46(7,8)9)43(47(10,11)12)41(40(35)34(31)27-37(36)45(4,5)6)38(29-19-15-21-32(23-29)48(50,51)52)30-20-16-22-33(24-30)49(53,54)55/h13-17,19-27H,18H2,1-12H3. The molecule has 0 nitrogen and oxygen atoms in total. The zero-order valence-corrected chi connectivity index (χ0v) is 34.1. The van der Waals surface area contributed by atoms with E-state index in [2.05, 4.69) is 120 Å². The lowest BCUT2D eigenvalue weighted by atomic mass is 9.68.